The summed E-state index contributed by atoms with van der Waals surface area (Å²) in [6.45, 7) is 4.09. The molecule has 0 bridgehead atoms. The van der Waals surface area contributed by atoms with Crippen LogP contribution in [0.3, 0.4) is 0 Å². The molecule has 1 aliphatic heterocycles. The van der Waals surface area contributed by atoms with Crippen LogP contribution < -0.4 is 5.32 Å². The standard InChI is InChI=1S/C28H22BrN3OS/c1-18-15-22(29)13-14-24(18)30-28-31-27(33)25(34-28)17-21-16-19(2)32(23-11-7-4-8-12-23)26(21)20-9-5-3-6-10-20/h3-17H,1-2H3,(H,30,31,33)/b25-17-. The number of hydrogen-bond donors (Lipinski definition) is 1. The maximum atomic E-state index is 12.8. The number of aryl methyl sites for hydroxylation is 2. The first-order valence-corrected chi connectivity index (χ1v) is 12.5. The number of hydrogen-bond acceptors (Lipinski definition) is 3. The molecule has 0 aliphatic carbocycles. The van der Waals surface area contributed by atoms with Gasteiger partial charge in [-0.2, -0.15) is 0 Å². The summed E-state index contributed by atoms with van der Waals surface area (Å²) in [7, 11) is 0. The number of aliphatic imine (C=N–C) groups is 1. The van der Waals surface area contributed by atoms with Crippen LogP contribution in [0, 0.1) is 13.8 Å². The molecule has 0 saturated carbocycles. The fourth-order valence-electron chi connectivity index (χ4n) is 4.05. The van der Waals surface area contributed by atoms with Crippen LogP contribution in [0.15, 0.2) is 99.3 Å². The van der Waals surface area contributed by atoms with Crippen molar-refractivity contribution in [1.29, 1.82) is 0 Å². The van der Waals surface area contributed by atoms with Gasteiger partial charge in [0.1, 0.15) is 0 Å². The lowest BCUT2D eigenvalue weighted by molar-refractivity contribution is -0.115. The second-order valence-electron chi connectivity index (χ2n) is 8.04. The highest BCUT2D eigenvalue weighted by Gasteiger charge is 2.25. The number of para-hydroxylation sites is 1. The van der Waals surface area contributed by atoms with Crippen molar-refractivity contribution < 1.29 is 4.79 Å². The van der Waals surface area contributed by atoms with Crippen molar-refractivity contribution in [3.63, 3.8) is 0 Å². The highest BCUT2D eigenvalue weighted by Crippen LogP contribution is 2.35. The van der Waals surface area contributed by atoms with Gasteiger partial charge >= 0.3 is 0 Å². The maximum Gasteiger partial charge on any atom is 0.264 e. The summed E-state index contributed by atoms with van der Waals surface area (Å²) in [4.78, 5) is 18.1. The average Bonchev–Trinajstić information content (AvgIpc) is 3.35. The Hall–Kier alpha value is -3.35. The van der Waals surface area contributed by atoms with Crippen molar-refractivity contribution in [2.75, 3.05) is 0 Å². The van der Waals surface area contributed by atoms with Gasteiger partial charge in [0.2, 0.25) is 0 Å². The fraction of sp³-hybridized carbons (Fsp3) is 0.0714. The van der Waals surface area contributed by atoms with Gasteiger partial charge < -0.3 is 9.88 Å². The molecule has 2 heterocycles. The summed E-state index contributed by atoms with van der Waals surface area (Å²) in [6.07, 6.45) is 1.96. The monoisotopic (exact) mass is 527 g/mol. The number of benzene rings is 3. The summed E-state index contributed by atoms with van der Waals surface area (Å²) < 4.78 is 3.24. The minimum absolute atomic E-state index is 0.136. The van der Waals surface area contributed by atoms with E-state index in [9.17, 15) is 4.79 Å². The Labute approximate surface area is 211 Å². The highest BCUT2D eigenvalue weighted by molar-refractivity contribution is 9.10. The number of carbonyl (C=O) groups excluding carboxylic acids is 1. The van der Waals surface area contributed by atoms with E-state index in [-0.39, 0.29) is 5.91 Å². The van der Waals surface area contributed by atoms with Crippen molar-refractivity contribution in [3.8, 4) is 16.9 Å². The van der Waals surface area contributed by atoms with E-state index in [4.69, 9.17) is 0 Å². The van der Waals surface area contributed by atoms with Gasteiger partial charge in [-0.15, -0.1) is 0 Å². The first-order chi connectivity index (χ1) is 16.5. The van der Waals surface area contributed by atoms with Crippen LogP contribution in [-0.2, 0) is 4.79 Å². The molecule has 168 valence electrons. The predicted molar refractivity (Wildman–Crippen MR) is 146 cm³/mol. The lowest BCUT2D eigenvalue weighted by Gasteiger charge is -2.13. The molecular formula is C28H22BrN3OS. The van der Waals surface area contributed by atoms with E-state index in [1.807, 2.05) is 67.6 Å². The molecule has 4 nitrogen and oxygen atoms in total. The molecule has 0 spiro atoms. The van der Waals surface area contributed by atoms with E-state index in [1.54, 1.807) is 0 Å². The lowest BCUT2D eigenvalue weighted by atomic mass is 10.1. The summed E-state index contributed by atoms with van der Waals surface area (Å²) in [5, 5.41) is 3.50. The number of halogens is 1. The van der Waals surface area contributed by atoms with Crippen molar-refractivity contribution in [3.05, 3.63) is 111 Å². The topological polar surface area (TPSA) is 46.4 Å². The van der Waals surface area contributed by atoms with Crippen LogP contribution in [0.1, 0.15) is 16.8 Å². The Balaban J connectivity index is 1.57. The Morgan fingerprint density at radius 2 is 1.65 bits per heavy atom. The van der Waals surface area contributed by atoms with E-state index in [2.05, 4.69) is 68.1 Å². The van der Waals surface area contributed by atoms with Crippen molar-refractivity contribution in [2.24, 2.45) is 4.99 Å². The zero-order chi connectivity index (χ0) is 23.7. The van der Waals surface area contributed by atoms with E-state index in [0.29, 0.717) is 10.1 Å². The number of thioether (sulfide) groups is 1. The molecule has 1 N–H and O–H groups in total. The van der Waals surface area contributed by atoms with Crippen LogP contribution in [0.25, 0.3) is 23.0 Å². The first-order valence-electron chi connectivity index (χ1n) is 10.9. The second-order valence-corrected chi connectivity index (χ2v) is 9.99. The third-order valence-corrected chi connectivity index (χ3v) is 7.00. The molecule has 1 amide bonds. The van der Waals surface area contributed by atoms with Gasteiger partial charge in [-0.1, -0.05) is 64.5 Å². The van der Waals surface area contributed by atoms with Crippen LogP contribution >= 0.6 is 27.7 Å². The van der Waals surface area contributed by atoms with Crippen LogP contribution in [-0.4, -0.2) is 15.6 Å². The summed E-state index contributed by atoms with van der Waals surface area (Å²) in [5.74, 6) is -0.136. The smallest absolute Gasteiger partial charge is 0.264 e. The molecule has 6 heteroatoms. The number of nitrogens with zero attached hydrogens (tertiary/aromatic N) is 2. The number of nitrogens with one attached hydrogen (secondary N) is 1. The third kappa shape index (κ3) is 4.52. The predicted octanol–water partition coefficient (Wildman–Crippen LogP) is 7.42. The van der Waals surface area contributed by atoms with Gasteiger partial charge in [-0.05, 0) is 79.2 Å². The van der Waals surface area contributed by atoms with E-state index in [0.717, 1.165) is 43.9 Å². The number of amides is 1. The minimum Gasteiger partial charge on any atom is -0.313 e. The van der Waals surface area contributed by atoms with Crippen molar-refractivity contribution >= 4 is 50.5 Å². The molecule has 0 radical (unpaired) electrons. The average molecular weight is 528 g/mol. The number of amidine groups is 1. The van der Waals surface area contributed by atoms with Gasteiger partial charge in [-0.25, -0.2) is 4.99 Å². The molecule has 1 aromatic heterocycles. The molecule has 4 aromatic rings. The Kier molecular flexibility index (Phi) is 6.26. The second kappa shape index (κ2) is 9.49. The number of rotatable bonds is 4. The molecule has 0 atom stereocenters. The third-order valence-electron chi connectivity index (χ3n) is 5.59. The molecule has 34 heavy (non-hydrogen) atoms. The Bertz CT molecular complexity index is 1440. The van der Waals surface area contributed by atoms with Crippen LogP contribution in [0.5, 0.6) is 0 Å². The number of aromatic nitrogens is 1. The van der Waals surface area contributed by atoms with Gasteiger partial charge in [0.25, 0.3) is 5.91 Å². The molecule has 3 aromatic carbocycles. The van der Waals surface area contributed by atoms with E-state index >= 15 is 0 Å². The van der Waals surface area contributed by atoms with Crippen molar-refractivity contribution in [1.82, 2.24) is 9.88 Å². The Morgan fingerprint density at radius 3 is 2.35 bits per heavy atom. The summed E-state index contributed by atoms with van der Waals surface area (Å²) in [5.41, 5.74) is 7.19. The fourth-order valence-corrected chi connectivity index (χ4v) is 5.35. The number of carbonyl (C=O) groups is 1. The van der Waals surface area contributed by atoms with Gasteiger partial charge in [0, 0.05) is 21.4 Å². The first kappa shape index (κ1) is 22.4. The molecule has 1 aliphatic rings. The zero-order valence-electron chi connectivity index (χ0n) is 18.7. The molecule has 0 unspecified atom stereocenters. The SMILES string of the molecule is Cc1cc(Br)ccc1N=C1NC(=O)/C(=C/c2cc(C)n(-c3ccccc3)c2-c2ccccc2)S1. The zero-order valence-corrected chi connectivity index (χ0v) is 21.2. The molecule has 1 fully saturated rings. The van der Waals surface area contributed by atoms with Gasteiger partial charge in [-0.3, -0.25) is 4.79 Å². The normalized spacial score (nSPS) is 15.8. The lowest BCUT2D eigenvalue weighted by Crippen LogP contribution is -2.19. The highest BCUT2D eigenvalue weighted by atomic mass is 79.9. The van der Waals surface area contributed by atoms with Gasteiger partial charge in [0.05, 0.1) is 16.3 Å². The van der Waals surface area contributed by atoms with Crippen LogP contribution in [0.4, 0.5) is 5.69 Å². The molecule has 1 saturated heterocycles. The summed E-state index contributed by atoms with van der Waals surface area (Å²) >= 11 is 4.85. The quantitative estimate of drug-likeness (QED) is 0.280. The van der Waals surface area contributed by atoms with E-state index < -0.39 is 0 Å². The molecule has 5 rings (SSSR count). The largest absolute Gasteiger partial charge is 0.313 e. The van der Waals surface area contributed by atoms with Gasteiger partial charge in [0.15, 0.2) is 5.17 Å². The van der Waals surface area contributed by atoms with Crippen LogP contribution in [0.2, 0.25) is 0 Å². The Morgan fingerprint density at radius 1 is 0.941 bits per heavy atom. The van der Waals surface area contributed by atoms with Crippen molar-refractivity contribution in [2.45, 2.75) is 13.8 Å². The molecular weight excluding hydrogens is 506 g/mol. The summed E-state index contributed by atoms with van der Waals surface area (Å²) in [6, 6.07) is 28.6. The maximum absolute atomic E-state index is 12.8. The van der Waals surface area contributed by atoms with E-state index in [1.165, 1.54) is 11.8 Å². The minimum atomic E-state index is -0.136.